The number of hydrogen-bond acceptors (Lipinski definition) is 3. The summed E-state index contributed by atoms with van der Waals surface area (Å²) >= 11 is 0. The van der Waals surface area contributed by atoms with Crippen molar-refractivity contribution in [1.82, 2.24) is 14.5 Å². The van der Waals surface area contributed by atoms with Gasteiger partial charge in [-0.05, 0) is 74.2 Å². The summed E-state index contributed by atoms with van der Waals surface area (Å²) in [5, 5.41) is 1.10. The fourth-order valence-electron chi connectivity index (χ4n) is 5.63. The van der Waals surface area contributed by atoms with Crippen LogP contribution in [0, 0.1) is 5.82 Å². The van der Waals surface area contributed by atoms with Gasteiger partial charge in [-0.1, -0.05) is 6.07 Å². The van der Waals surface area contributed by atoms with Gasteiger partial charge in [0, 0.05) is 54.9 Å². The first-order chi connectivity index (χ1) is 14.3. The lowest BCUT2D eigenvalue weighted by molar-refractivity contribution is 0.219. The number of piperidine rings is 1. The minimum absolute atomic E-state index is 0.138. The molecule has 2 saturated heterocycles. The molecule has 0 atom stereocenters. The molecule has 0 radical (unpaired) electrons. The van der Waals surface area contributed by atoms with E-state index >= 15 is 0 Å². The highest BCUT2D eigenvalue weighted by Crippen LogP contribution is 2.41. The van der Waals surface area contributed by atoms with Crippen LogP contribution in [-0.4, -0.2) is 40.6 Å². The maximum Gasteiger partial charge on any atom is 0.128 e. The number of halogens is 1. The molecule has 0 unspecified atom stereocenters. The third kappa shape index (κ3) is 2.94. The van der Waals surface area contributed by atoms with Crippen LogP contribution in [0.2, 0.25) is 0 Å². The van der Waals surface area contributed by atoms with Crippen molar-refractivity contribution in [3.63, 3.8) is 0 Å². The first-order valence-electron chi connectivity index (χ1n) is 11.0. The Kier molecular flexibility index (Phi) is 4.12. The first-order valence-corrected chi connectivity index (χ1v) is 11.0. The lowest BCUT2D eigenvalue weighted by Gasteiger charge is -2.27. The molecule has 150 valence electrons. The van der Waals surface area contributed by atoms with Crippen LogP contribution in [0.5, 0.6) is 0 Å². The number of aromatic nitrogens is 2. The average Bonchev–Trinajstić information content (AvgIpc) is 3.28. The maximum absolute atomic E-state index is 14.1. The molecule has 4 aliphatic heterocycles. The molecule has 7 rings (SSSR count). The Morgan fingerprint density at radius 2 is 1.83 bits per heavy atom. The van der Waals surface area contributed by atoms with Gasteiger partial charge in [0.1, 0.15) is 11.6 Å². The largest absolute Gasteiger partial charge is 0.357 e. The quantitative estimate of drug-likeness (QED) is 0.657. The van der Waals surface area contributed by atoms with Gasteiger partial charge in [-0.25, -0.2) is 9.37 Å². The number of nitrogens with zero attached hydrogens (tertiary/aromatic N) is 4. The van der Waals surface area contributed by atoms with E-state index in [9.17, 15) is 4.39 Å². The molecule has 0 spiro atoms. The van der Waals surface area contributed by atoms with Crippen LogP contribution in [0.3, 0.4) is 0 Å². The van der Waals surface area contributed by atoms with Crippen molar-refractivity contribution < 1.29 is 4.39 Å². The van der Waals surface area contributed by atoms with Gasteiger partial charge >= 0.3 is 0 Å². The number of hydrogen-bond donors (Lipinski definition) is 0. The second-order valence-electron chi connectivity index (χ2n) is 8.88. The number of anilines is 1. The van der Waals surface area contributed by atoms with Crippen molar-refractivity contribution >= 4 is 16.7 Å². The fraction of sp³-hybridized carbons (Fsp3) is 0.458. The smallest absolute Gasteiger partial charge is 0.128 e. The second-order valence-corrected chi connectivity index (χ2v) is 8.88. The Labute approximate surface area is 170 Å². The third-order valence-corrected chi connectivity index (χ3v) is 7.11. The molecule has 0 N–H and O–H groups in total. The van der Waals surface area contributed by atoms with Crippen molar-refractivity contribution in [2.45, 2.75) is 44.7 Å². The predicted octanol–water partition coefficient (Wildman–Crippen LogP) is 4.52. The van der Waals surface area contributed by atoms with Gasteiger partial charge in [-0.15, -0.1) is 0 Å². The van der Waals surface area contributed by atoms with Crippen LogP contribution < -0.4 is 4.90 Å². The lowest BCUT2D eigenvalue weighted by Crippen LogP contribution is -2.29. The Morgan fingerprint density at radius 1 is 1.00 bits per heavy atom. The summed E-state index contributed by atoms with van der Waals surface area (Å²) in [7, 11) is 0. The van der Waals surface area contributed by atoms with Crippen LogP contribution in [0.25, 0.3) is 10.9 Å². The van der Waals surface area contributed by atoms with Crippen LogP contribution in [0.4, 0.5) is 10.2 Å². The minimum Gasteiger partial charge on any atom is -0.357 e. The maximum atomic E-state index is 14.1. The third-order valence-electron chi connectivity index (χ3n) is 7.11. The van der Waals surface area contributed by atoms with E-state index in [1.807, 2.05) is 12.3 Å². The van der Waals surface area contributed by atoms with Gasteiger partial charge in [0.05, 0.1) is 0 Å². The molecule has 2 fully saturated rings. The van der Waals surface area contributed by atoms with E-state index in [1.54, 1.807) is 12.1 Å². The van der Waals surface area contributed by atoms with Crippen molar-refractivity contribution in [1.29, 1.82) is 0 Å². The molecule has 4 nitrogen and oxygen atoms in total. The molecule has 5 heteroatoms. The normalized spacial score (nSPS) is 23.6. The predicted molar refractivity (Wildman–Crippen MR) is 114 cm³/mol. The van der Waals surface area contributed by atoms with E-state index < -0.39 is 0 Å². The van der Waals surface area contributed by atoms with Gasteiger partial charge in [0.15, 0.2) is 0 Å². The number of pyridine rings is 1. The molecule has 2 aromatic heterocycles. The van der Waals surface area contributed by atoms with Crippen molar-refractivity contribution in [2.75, 3.05) is 31.1 Å². The van der Waals surface area contributed by atoms with E-state index in [-0.39, 0.29) is 5.82 Å². The highest BCUT2D eigenvalue weighted by molar-refractivity contribution is 5.86. The molecule has 6 heterocycles. The fourth-order valence-corrected chi connectivity index (χ4v) is 5.63. The molecule has 1 aromatic carbocycles. The van der Waals surface area contributed by atoms with E-state index in [4.69, 9.17) is 4.98 Å². The summed E-state index contributed by atoms with van der Waals surface area (Å²) in [6, 6.07) is 9.70. The summed E-state index contributed by atoms with van der Waals surface area (Å²) < 4.78 is 16.6. The summed E-state index contributed by atoms with van der Waals surface area (Å²) in [6.07, 6.45) is 6.97. The topological polar surface area (TPSA) is 24.3 Å². The molecule has 2 bridgehead atoms. The Hall–Kier alpha value is -2.40. The SMILES string of the molecule is Fc1ccc2c(c1)c1c(n2Cc2ccc(N3CCCC3)nc2)C2CCN(CC2)C1. The zero-order chi connectivity index (χ0) is 19.4. The first kappa shape index (κ1) is 17.5. The standard InChI is InChI=1S/C24H27FN4/c25-19-4-5-22-20(13-19)21-16-27-11-7-18(8-12-27)24(21)29(22)15-17-3-6-23(26-14-17)28-9-1-2-10-28/h3-6,13-14,18H,1-2,7-12,15-16H2. The zero-order valence-electron chi connectivity index (χ0n) is 16.8. The Balaban J connectivity index is 1.42. The summed E-state index contributed by atoms with van der Waals surface area (Å²) in [6.45, 7) is 6.30. The monoisotopic (exact) mass is 390 g/mol. The molecular formula is C24H27FN4. The molecular weight excluding hydrogens is 363 g/mol. The highest BCUT2D eigenvalue weighted by Gasteiger charge is 2.32. The van der Waals surface area contributed by atoms with Gasteiger partial charge in [-0.3, -0.25) is 4.90 Å². The van der Waals surface area contributed by atoms with Gasteiger partial charge in [0.2, 0.25) is 0 Å². The van der Waals surface area contributed by atoms with E-state index in [1.165, 1.54) is 42.5 Å². The molecule has 4 aliphatic rings. The number of rotatable bonds is 3. The minimum atomic E-state index is -0.138. The van der Waals surface area contributed by atoms with Crippen molar-refractivity contribution in [2.24, 2.45) is 0 Å². The number of fused-ring (bicyclic) bond motifs is 3. The lowest BCUT2D eigenvalue weighted by atomic mass is 9.94. The van der Waals surface area contributed by atoms with Gasteiger partial charge < -0.3 is 9.47 Å². The Bertz CT molecular complexity index is 1040. The van der Waals surface area contributed by atoms with E-state index in [0.717, 1.165) is 56.0 Å². The molecule has 0 aliphatic carbocycles. The summed E-state index contributed by atoms with van der Waals surface area (Å²) in [4.78, 5) is 9.66. The van der Waals surface area contributed by atoms with Crippen LogP contribution >= 0.6 is 0 Å². The van der Waals surface area contributed by atoms with Crippen LogP contribution in [0.15, 0.2) is 36.5 Å². The second kappa shape index (κ2) is 6.84. The van der Waals surface area contributed by atoms with E-state index in [2.05, 4.69) is 26.5 Å². The van der Waals surface area contributed by atoms with Crippen LogP contribution in [0.1, 0.15) is 48.4 Å². The van der Waals surface area contributed by atoms with Gasteiger partial charge in [-0.2, -0.15) is 0 Å². The van der Waals surface area contributed by atoms with Crippen molar-refractivity contribution in [3.05, 3.63) is 59.2 Å². The molecule has 3 aromatic rings. The van der Waals surface area contributed by atoms with Crippen LogP contribution in [-0.2, 0) is 13.1 Å². The molecule has 29 heavy (non-hydrogen) atoms. The van der Waals surface area contributed by atoms with Crippen molar-refractivity contribution in [3.8, 4) is 0 Å². The molecule has 0 saturated carbocycles. The zero-order valence-corrected chi connectivity index (χ0v) is 16.8. The molecule has 0 amide bonds. The Morgan fingerprint density at radius 3 is 2.59 bits per heavy atom. The average molecular weight is 391 g/mol. The number of benzene rings is 1. The van der Waals surface area contributed by atoms with Gasteiger partial charge in [0.25, 0.3) is 0 Å². The highest BCUT2D eigenvalue weighted by atomic mass is 19.1. The summed E-state index contributed by atoms with van der Waals surface area (Å²) in [5.41, 5.74) is 5.17. The summed E-state index contributed by atoms with van der Waals surface area (Å²) in [5.74, 6) is 1.53. The van der Waals surface area contributed by atoms with E-state index in [0.29, 0.717) is 5.92 Å².